The molecular formula is C17H25FN2O2. The predicted octanol–water partition coefficient (Wildman–Crippen LogP) is 3.43. The third-order valence-corrected chi connectivity index (χ3v) is 4.16. The first kappa shape index (κ1) is 16.6. The summed E-state index contributed by atoms with van der Waals surface area (Å²) in [7, 11) is 1.75. The van der Waals surface area contributed by atoms with E-state index in [2.05, 4.69) is 5.32 Å². The molecule has 0 unspecified atom stereocenters. The molecule has 1 N–H and O–H groups in total. The molecule has 22 heavy (non-hydrogen) atoms. The van der Waals surface area contributed by atoms with E-state index < -0.39 is 0 Å². The Balaban J connectivity index is 1.58. The molecule has 4 nitrogen and oxygen atoms in total. The van der Waals surface area contributed by atoms with Crippen LogP contribution in [0.5, 0.6) is 5.75 Å². The maximum Gasteiger partial charge on any atom is 0.317 e. The van der Waals surface area contributed by atoms with Crippen molar-refractivity contribution < 1.29 is 13.9 Å². The van der Waals surface area contributed by atoms with E-state index >= 15 is 0 Å². The molecule has 2 amide bonds. The van der Waals surface area contributed by atoms with E-state index in [0.29, 0.717) is 18.9 Å². The number of nitrogens with zero attached hydrogens (tertiary/aromatic N) is 1. The van der Waals surface area contributed by atoms with E-state index in [9.17, 15) is 9.18 Å². The lowest BCUT2D eigenvalue weighted by atomic mass is 10.0. The Labute approximate surface area is 131 Å². The Morgan fingerprint density at radius 1 is 1.32 bits per heavy atom. The quantitative estimate of drug-likeness (QED) is 0.838. The molecule has 0 aliphatic heterocycles. The maximum atomic E-state index is 12.8. The van der Waals surface area contributed by atoms with E-state index in [1.54, 1.807) is 24.1 Å². The zero-order valence-electron chi connectivity index (χ0n) is 13.2. The highest BCUT2D eigenvalue weighted by Crippen LogP contribution is 2.26. The minimum atomic E-state index is -0.286. The summed E-state index contributed by atoms with van der Waals surface area (Å²) in [5, 5.41) is 2.95. The van der Waals surface area contributed by atoms with Gasteiger partial charge in [-0.2, -0.15) is 0 Å². The van der Waals surface area contributed by atoms with Gasteiger partial charge in [-0.1, -0.05) is 25.7 Å². The van der Waals surface area contributed by atoms with Crippen molar-refractivity contribution in [1.82, 2.24) is 10.2 Å². The van der Waals surface area contributed by atoms with Crippen molar-refractivity contribution >= 4 is 6.03 Å². The van der Waals surface area contributed by atoms with Gasteiger partial charge in [0.05, 0.1) is 6.54 Å². The fourth-order valence-corrected chi connectivity index (χ4v) is 2.75. The van der Waals surface area contributed by atoms with Gasteiger partial charge in [-0.3, -0.25) is 0 Å². The van der Waals surface area contributed by atoms with Gasteiger partial charge < -0.3 is 15.0 Å². The van der Waals surface area contributed by atoms with E-state index in [4.69, 9.17) is 4.74 Å². The predicted molar refractivity (Wildman–Crippen MR) is 84.5 cm³/mol. The molecule has 0 spiro atoms. The minimum absolute atomic E-state index is 0.0688. The van der Waals surface area contributed by atoms with Gasteiger partial charge >= 0.3 is 6.03 Å². The molecule has 1 aromatic carbocycles. The standard InChI is InChI=1S/C17H25FN2O2/c1-20(12-13-22-16-8-6-15(18)7-9-16)17(21)19-11-10-14-4-2-3-5-14/h6-9,14H,2-5,10-13H2,1H3,(H,19,21). The van der Waals surface area contributed by atoms with Crippen LogP contribution in [0.2, 0.25) is 0 Å². The lowest BCUT2D eigenvalue weighted by Crippen LogP contribution is -2.40. The molecule has 1 aliphatic rings. The summed E-state index contributed by atoms with van der Waals surface area (Å²) in [6.45, 7) is 1.62. The lowest BCUT2D eigenvalue weighted by Gasteiger charge is -2.19. The number of urea groups is 1. The third kappa shape index (κ3) is 5.54. The van der Waals surface area contributed by atoms with Gasteiger partial charge in [0.15, 0.2) is 0 Å². The van der Waals surface area contributed by atoms with Crippen LogP contribution in [-0.2, 0) is 0 Å². The maximum absolute atomic E-state index is 12.8. The van der Waals surface area contributed by atoms with Crippen LogP contribution in [0.1, 0.15) is 32.1 Å². The molecule has 0 bridgehead atoms. The Kier molecular flexibility index (Phi) is 6.49. The normalized spacial score (nSPS) is 14.8. The summed E-state index contributed by atoms with van der Waals surface area (Å²) in [6, 6.07) is 5.80. The average Bonchev–Trinajstić information content (AvgIpc) is 3.02. The first-order valence-corrected chi connectivity index (χ1v) is 8.02. The van der Waals surface area contributed by atoms with Gasteiger partial charge in [0, 0.05) is 13.6 Å². The summed E-state index contributed by atoms with van der Waals surface area (Å²) in [5.74, 6) is 1.11. The first-order chi connectivity index (χ1) is 10.6. The summed E-state index contributed by atoms with van der Waals surface area (Å²) in [4.78, 5) is 13.5. The van der Waals surface area contributed by atoms with E-state index in [-0.39, 0.29) is 11.8 Å². The van der Waals surface area contributed by atoms with Crippen LogP contribution < -0.4 is 10.1 Å². The third-order valence-electron chi connectivity index (χ3n) is 4.16. The van der Waals surface area contributed by atoms with Crippen LogP contribution >= 0.6 is 0 Å². The summed E-state index contributed by atoms with van der Waals surface area (Å²) in [5.41, 5.74) is 0. The average molecular weight is 308 g/mol. The lowest BCUT2D eigenvalue weighted by molar-refractivity contribution is 0.194. The number of hydrogen-bond donors (Lipinski definition) is 1. The van der Waals surface area contributed by atoms with E-state index in [1.165, 1.54) is 37.8 Å². The van der Waals surface area contributed by atoms with Gasteiger partial charge in [-0.15, -0.1) is 0 Å². The second kappa shape index (κ2) is 8.61. The number of hydrogen-bond acceptors (Lipinski definition) is 2. The van der Waals surface area contributed by atoms with Crippen molar-refractivity contribution in [2.24, 2.45) is 5.92 Å². The number of carbonyl (C=O) groups excluding carboxylic acids is 1. The molecule has 5 heteroatoms. The SMILES string of the molecule is CN(CCOc1ccc(F)cc1)C(=O)NCCC1CCCC1. The fourth-order valence-electron chi connectivity index (χ4n) is 2.75. The molecule has 1 saturated carbocycles. The second-order valence-corrected chi connectivity index (χ2v) is 5.90. The van der Waals surface area contributed by atoms with Gasteiger partial charge in [-0.05, 0) is 36.6 Å². The number of carbonyl (C=O) groups is 1. The molecular weight excluding hydrogens is 283 g/mol. The Hall–Kier alpha value is -1.78. The van der Waals surface area contributed by atoms with Gasteiger partial charge in [0.25, 0.3) is 0 Å². The van der Waals surface area contributed by atoms with Gasteiger partial charge in [0.2, 0.25) is 0 Å². The van der Waals surface area contributed by atoms with Gasteiger partial charge in [-0.25, -0.2) is 9.18 Å². The number of nitrogens with one attached hydrogen (secondary N) is 1. The highest BCUT2D eigenvalue weighted by molar-refractivity contribution is 5.73. The van der Waals surface area contributed by atoms with Crippen molar-refractivity contribution in [3.05, 3.63) is 30.1 Å². The van der Waals surface area contributed by atoms with E-state index in [0.717, 1.165) is 18.9 Å². The molecule has 0 atom stereocenters. The van der Waals surface area contributed by atoms with Crippen LogP contribution in [0.15, 0.2) is 24.3 Å². The monoisotopic (exact) mass is 308 g/mol. The minimum Gasteiger partial charge on any atom is -0.492 e. The first-order valence-electron chi connectivity index (χ1n) is 8.02. The van der Waals surface area contributed by atoms with Gasteiger partial charge in [0.1, 0.15) is 18.2 Å². The van der Waals surface area contributed by atoms with Crippen LogP contribution in [0.25, 0.3) is 0 Å². The van der Waals surface area contributed by atoms with Crippen LogP contribution in [0.3, 0.4) is 0 Å². The van der Waals surface area contributed by atoms with Crippen LogP contribution in [0, 0.1) is 11.7 Å². The van der Waals surface area contributed by atoms with Crippen molar-refractivity contribution in [3.8, 4) is 5.75 Å². The molecule has 1 fully saturated rings. The summed E-state index contributed by atoms with van der Waals surface area (Å²) < 4.78 is 18.2. The Morgan fingerprint density at radius 2 is 2.00 bits per heavy atom. The van der Waals surface area contributed by atoms with Crippen LogP contribution in [-0.4, -0.2) is 37.7 Å². The van der Waals surface area contributed by atoms with Crippen molar-refractivity contribution in [3.63, 3.8) is 0 Å². The van der Waals surface area contributed by atoms with Crippen LogP contribution in [0.4, 0.5) is 9.18 Å². The number of halogens is 1. The van der Waals surface area contributed by atoms with Crippen molar-refractivity contribution in [2.75, 3.05) is 26.7 Å². The smallest absolute Gasteiger partial charge is 0.317 e. The Bertz CT molecular complexity index is 458. The second-order valence-electron chi connectivity index (χ2n) is 5.90. The fraction of sp³-hybridized carbons (Fsp3) is 0.588. The Morgan fingerprint density at radius 3 is 2.68 bits per heavy atom. The molecule has 1 aromatic rings. The largest absolute Gasteiger partial charge is 0.492 e. The highest BCUT2D eigenvalue weighted by Gasteiger charge is 2.15. The van der Waals surface area contributed by atoms with Crippen molar-refractivity contribution in [1.29, 1.82) is 0 Å². The van der Waals surface area contributed by atoms with E-state index in [1.807, 2.05) is 0 Å². The molecule has 2 rings (SSSR count). The zero-order chi connectivity index (χ0) is 15.8. The number of ether oxygens (including phenoxy) is 1. The topological polar surface area (TPSA) is 41.6 Å². The molecule has 0 aromatic heterocycles. The molecule has 1 aliphatic carbocycles. The zero-order valence-corrected chi connectivity index (χ0v) is 13.2. The number of benzene rings is 1. The van der Waals surface area contributed by atoms with Crippen molar-refractivity contribution in [2.45, 2.75) is 32.1 Å². The summed E-state index contributed by atoms with van der Waals surface area (Å²) >= 11 is 0. The number of amides is 2. The molecule has 0 heterocycles. The molecule has 0 saturated heterocycles. The highest BCUT2D eigenvalue weighted by atomic mass is 19.1. The molecule has 122 valence electrons. The molecule has 0 radical (unpaired) electrons. The number of likely N-dealkylation sites (N-methyl/N-ethyl adjacent to an activating group) is 1. The summed E-state index contributed by atoms with van der Waals surface area (Å²) in [6.07, 6.45) is 6.35. The number of rotatable bonds is 7.